The molecule has 2 unspecified atom stereocenters. The number of hydrogen-bond acceptors (Lipinski definition) is 4. The van der Waals surface area contributed by atoms with E-state index in [-0.39, 0.29) is 11.9 Å². The van der Waals surface area contributed by atoms with Crippen LogP contribution in [0.1, 0.15) is 13.8 Å². The van der Waals surface area contributed by atoms with Gasteiger partial charge in [0.15, 0.2) is 6.10 Å². The van der Waals surface area contributed by atoms with Gasteiger partial charge < -0.3 is 14.8 Å². The minimum atomic E-state index is -0.543. The SMILES string of the molecule is CC(Oc1ccc(Cl)cc1)C(=O)NCC(C)N1CCOCC1. The lowest BCUT2D eigenvalue weighted by Gasteiger charge is -2.32. The van der Waals surface area contributed by atoms with E-state index in [4.69, 9.17) is 21.1 Å². The minimum absolute atomic E-state index is 0.116. The van der Waals surface area contributed by atoms with Crippen LogP contribution in [-0.2, 0) is 9.53 Å². The molecule has 6 heteroatoms. The molecule has 1 saturated heterocycles. The third-order valence-electron chi connectivity index (χ3n) is 3.74. The number of rotatable bonds is 6. The molecule has 2 atom stereocenters. The Kier molecular flexibility index (Phi) is 6.49. The van der Waals surface area contributed by atoms with Crippen molar-refractivity contribution in [3.63, 3.8) is 0 Å². The highest BCUT2D eigenvalue weighted by molar-refractivity contribution is 6.30. The predicted octanol–water partition coefficient (Wildman–Crippen LogP) is 1.94. The van der Waals surface area contributed by atoms with Crippen LogP contribution >= 0.6 is 11.6 Å². The molecule has 0 spiro atoms. The molecule has 0 radical (unpaired) electrons. The van der Waals surface area contributed by atoms with E-state index >= 15 is 0 Å². The average molecular weight is 327 g/mol. The van der Waals surface area contributed by atoms with Gasteiger partial charge >= 0.3 is 0 Å². The van der Waals surface area contributed by atoms with Crippen LogP contribution in [0.15, 0.2) is 24.3 Å². The van der Waals surface area contributed by atoms with Crippen molar-refractivity contribution >= 4 is 17.5 Å². The minimum Gasteiger partial charge on any atom is -0.481 e. The van der Waals surface area contributed by atoms with Gasteiger partial charge in [0, 0.05) is 30.7 Å². The fourth-order valence-electron chi connectivity index (χ4n) is 2.31. The largest absolute Gasteiger partial charge is 0.481 e. The molecular weight excluding hydrogens is 304 g/mol. The molecule has 1 N–H and O–H groups in total. The number of carbonyl (C=O) groups excluding carboxylic acids is 1. The molecule has 1 aromatic rings. The Hall–Kier alpha value is -1.30. The first-order valence-corrected chi connectivity index (χ1v) is 7.96. The van der Waals surface area contributed by atoms with Crippen LogP contribution in [0.5, 0.6) is 5.75 Å². The number of benzene rings is 1. The Balaban J connectivity index is 1.74. The maximum Gasteiger partial charge on any atom is 0.260 e. The molecule has 0 bridgehead atoms. The zero-order valence-electron chi connectivity index (χ0n) is 13.0. The Morgan fingerprint density at radius 1 is 1.32 bits per heavy atom. The fourth-order valence-corrected chi connectivity index (χ4v) is 2.44. The number of amides is 1. The smallest absolute Gasteiger partial charge is 0.260 e. The second-order valence-corrected chi connectivity index (χ2v) is 5.89. The summed E-state index contributed by atoms with van der Waals surface area (Å²) < 4.78 is 10.9. The van der Waals surface area contributed by atoms with Crippen LogP contribution in [0.2, 0.25) is 5.02 Å². The first kappa shape index (κ1) is 17.1. The Labute approximate surface area is 136 Å². The molecule has 0 saturated carbocycles. The first-order valence-electron chi connectivity index (χ1n) is 7.58. The van der Waals surface area contributed by atoms with Crippen molar-refractivity contribution in [1.29, 1.82) is 0 Å². The number of ether oxygens (including phenoxy) is 2. The normalized spacial score (nSPS) is 18.5. The molecule has 1 heterocycles. The quantitative estimate of drug-likeness (QED) is 0.868. The van der Waals surface area contributed by atoms with E-state index in [1.165, 1.54) is 0 Å². The number of morpholine rings is 1. The summed E-state index contributed by atoms with van der Waals surface area (Å²) in [4.78, 5) is 14.4. The summed E-state index contributed by atoms with van der Waals surface area (Å²) in [6.07, 6.45) is -0.543. The maximum absolute atomic E-state index is 12.1. The van der Waals surface area contributed by atoms with Crippen molar-refractivity contribution in [3.8, 4) is 5.75 Å². The molecular formula is C16H23ClN2O3. The lowest BCUT2D eigenvalue weighted by atomic mass is 10.2. The van der Waals surface area contributed by atoms with E-state index < -0.39 is 6.10 Å². The molecule has 1 amide bonds. The standard InChI is InChI=1S/C16H23ClN2O3/c1-12(19-7-9-21-10-8-19)11-18-16(20)13(2)22-15-5-3-14(17)4-6-15/h3-6,12-13H,7-11H2,1-2H3,(H,18,20). The van der Waals surface area contributed by atoms with E-state index in [0.29, 0.717) is 17.3 Å². The van der Waals surface area contributed by atoms with Crippen LogP contribution in [0.3, 0.4) is 0 Å². The number of halogens is 1. The van der Waals surface area contributed by atoms with Crippen molar-refractivity contribution in [2.45, 2.75) is 26.0 Å². The number of carbonyl (C=O) groups is 1. The lowest BCUT2D eigenvalue weighted by Crippen LogP contribution is -2.48. The molecule has 1 aromatic carbocycles. The molecule has 1 aliphatic rings. The van der Waals surface area contributed by atoms with Gasteiger partial charge in [-0.2, -0.15) is 0 Å². The third kappa shape index (κ3) is 5.16. The van der Waals surface area contributed by atoms with Gasteiger partial charge in [0.05, 0.1) is 13.2 Å². The summed E-state index contributed by atoms with van der Waals surface area (Å²) in [6.45, 7) is 7.79. The van der Waals surface area contributed by atoms with Gasteiger partial charge in [0.1, 0.15) is 5.75 Å². The van der Waals surface area contributed by atoms with Crippen molar-refractivity contribution in [2.24, 2.45) is 0 Å². The molecule has 22 heavy (non-hydrogen) atoms. The van der Waals surface area contributed by atoms with Gasteiger partial charge in [-0.05, 0) is 38.1 Å². The molecule has 2 rings (SSSR count). The summed E-state index contributed by atoms with van der Waals surface area (Å²) in [6, 6.07) is 7.27. The van der Waals surface area contributed by atoms with Gasteiger partial charge in [-0.1, -0.05) is 11.6 Å². The van der Waals surface area contributed by atoms with Gasteiger partial charge in [-0.3, -0.25) is 9.69 Å². The highest BCUT2D eigenvalue weighted by Gasteiger charge is 2.19. The summed E-state index contributed by atoms with van der Waals surface area (Å²) in [5.74, 6) is 0.517. The maximum atomic E-state index is 12.1. The van der Waals surface area contributed by atoms with Crippen LogP contribution in [0.4, 0.5) is 0 Å². The highest BCUT2D eigenvalue weighted by Crippen LogP contribution is 2.16. The molecule has 0 aliphatic carbocycles. The molecule has 122 valence electrons. The van der Waals surface area contributed by atoms with Crippen molar-refractivity contribution in [3.05, 3.63) is 29.3 Å². The Morgan fingerprint density at radius 2 is 1.95 bits per heavy atom. The topological polar surface area (TPSA) is 50.8 Å². The van der Waals surface area contributed by atoms with Crippen LogP contribution in [0.25, 0.3) is 0 Å². The van der Waals surface area contributed by atoms with Crippen LogP contribution in [0, 0.1) is 0 Å². The summed E-state index contributed by atoms with van der Waals surface area (Å²) in [5, 5.41) is 3.58. The van der Waals surface area contributed by atoms with E-state index in [1.807, 2.05) is 0 Å². The Morgan fingerprint density at radius 3 is 2.59 bits per heavy atom. The highest BCUT2D eigenvalue weighted by atomic mass is 35.5. The number of nitrogens with one attached hydrogen (secondary N) is 1. The zero-order chi connectivity index (χ0) is 15.9. The van der Waals surface area contributed by atoms with Crippen molar-refractivity contribution in [2.75, 3.05) is 32.8 Å². The second-order valence-electron chi connectivity index (χ2n) is 5.46. The van der Waals surface area contributed by atoms with Gasteiger partial charge in [0.25, 0.3) is 5.91 Å². The second kappa shape index (κ2) is 8.36. The van der Waals surface area contributed by atoms with E-state index in [1.54, 1.807) is 31.2 Å². The Bertz CT molecular complexity index is 475. The predicted molar refractivity (Wildman–Crippen MR) is 86.4 cm³/mol. The fraction of sp³-hybridized carbons (Fsp3) is 0.562. The number of nitrogens with zero attached hydrogens (tertiary/aromatic N) is 1. The van der Waals surface area contributed by atoms with E-state index in [9.17, 15) is 4.79 Å². The zero-order valence-corrected chi connectivity index (χ0v) is 13.8. The van der Waals surface area contributed by atoms with Crippen molar-refractivity contribution in [1.82, 2.24) is 10.2 Å². The molecule has 0 aromatic heterocycles. The molecule has 5 nitrogen and oxygen atoms in total. The summed E-state index contributed by atoms with van der Waals surface area (Å²) >= 11 is 5.82. The first-order chi connectivity index (χ1) is 10.6. The molecule has 1 fully saturated rings. The summed E-state index contributed by atoms with van der Waals surface area (Å²) in [5.41, 5.74) is 0. The lowest BCUT2D eigenvalue weighted by molar-refractivity contribution is -0.127. The molecule has 1 aliphatic heterocycles. The van der Waals surface area contributed by atoms with Crippen LogP contribution < -0.4 is 10.1 Å². The third-order valence-corrected chi connectivity index (χ3v) is 3.99. The van der Waals surface area contributed by atoms with Crippen molar-refractivity contribution < 1.29 is 14.3 Å². The number of hydrogen-bond donors (Lipinski definition) is 1. The van der Waals surface area contributed by atoms with Gasteiger partial charge in [-0.25, -0.2) is 0 Å². The van der Waals surface area contributed by atoms with Crippen LogP contribution in [-0.4, -0.2) is 55.8 Å². The van der Waals surface area contributed by atoms with E-state index in [0.717, 1.165) is 26.3 Å². The summed E-state index contributed by atoms with van der Waals surface area (Å²) in [7, 11) is 0. The monoisotopic (exact) mass is 326 g/mol. The van der Waals surface area contributed by atoms with Gasteiger partial charge in [-0.15, -0.1) is 0 Å². The van der Waals surface area contributed by atoms with Gasteiger partial charge in [0.2, 0.25) is 0 Å². The van der Waals surface area contributed by atoms with E-state index in [2.05, 4.69) is 17.1 Å². The average Bonchev–Trinajstić information content (AvgIpc) is 2.55.